The van der Waals surface area contributed by atoms with Gasteiger partial charge in [-0.3, -0.25) is 9.59 Å². The van der Waals surface area contributed by atoms with E-state index in [1.54, 1.807) is 12.2 Å². The molecule has 1 amide bonds. The number of carbonyl (C=O) groups is 2. The standard InChI is InChI=1S/C11H15NO4/c1-5(2)12-10(13)8-6-3-4-7(16-6)9(8)11(14)15/h3-9H,1-2H3,(H,12,13)(H,14,15)/t6-,7+,8-,9+/m1/s1. The van der Waals surface area contributed by atoms with Crippen molar-refractivity contribution < 1.29 is 19.4 Å². The molecule has 0 spiro atoms. The smallest absolute Gasteiger partial charge is 0.310 e. The van der Waals surface area contributed by atoms with Crippen LogP contribution in [0.3, 0.4) is 0 Å². The van der Waals surface area contributed by atoms with Crippen LogP contribution in [0.5, 0.6) is 0 Å². The zero-order valence-corrected chi connectivity index (χ0v) is 9.21. The Labute approximate surface area is 93.5 Å². The van der Waals surface area contributed by atoms with Crippen molar-refractivity contribution in [2.45, 2.75) is 32.1 Å². The second kappa shape index (κ2) is 3.90. The van der Waals surface area contributed by atoms with Gasteiger partial charge in [-0.15, -0.1) is 0 Å². The van der Waals surface area contributed by atoms with Crippen LogP contribution in [0.2, 0.25) is 0 Å². The van der Waals surface area contributed by atoms with Crippen LogP contribution in [0.1, 0.15) is 13.8 Å². The van der Waals surface area contributed by atoms with Crippen LogP contribution in [0.25, 0.3) is 0 Å². The van der Waals surface area contributed by atoms with Crippen LogP contribution < -0.4 is 5.32 Å². The third-order valence-corrected chi connectivity index (χ3v) is 2.92. The van der Waals surface area contributed by atoms with Gasteiger partial charge < -0.3 is 15.2 Å². The third kappa shape index (κ3) is 1.71. The Hall–Kier alpha value is -1.36. The molecule has 2 N–H and O–H groups in total. The SMILES string of the molecule is CC(C)NC(=O)[C@H]1[C@@H](C(=O)O)[C@@H]2C=C[C@H]1O2. The number of carbonyl (C=O) groups excluding carboxylic acids is 1. The molecule has 5 nitrogen and oxygen atoms in total. The Kier molecular flexibility index (Phi) is 2.71. The number of rotatable bonds is 3. The summed E-state index contributed by atoms with van der Waals surface area (Å²) in [5.41, 5.74) is 0. The largest absolute Gasteiger partial charge is 0.481 e. The van der Waals surface area contributed by atoms with Gasteiger partial charge in [0.1, 0.15) is 5.92 Å². The summed E-state index contributed by atoms with van der Waals surface area (Å²) in [7, 11) is 0. The lowest BCUT2D eigenvalue weighted by Gasteiger charge is -2.22. The van der Waals surface area contributed by atoms with Crippen molar-refractivity contribution in [1.82, 2.24) is 5.32 Å². The molecule has 4 atom stereocenters. The molecule has 1 fully saturated rings. The van der Waals surface area contributed by atoms with Gasteiger partial charge in [0.15, 0.2) is 0 Å². The maximum absolute atomic E-state index is 11.9. The summed E-state index contributed by atoms with van der Waals surface area (Å²) < 4.78 is 5.41. The van der Waals surface area contributed by atoms with Crippen LogP contribution in [0.15, 0.2) is 12.2 Å². The molecule has 1 saturated heterocycles. The Morgan fingerprint density at radius 3 is 2.31 bits per heavy atom. The second-order valence-electron chi connectivity index (χ2n) is 4.50. The Morgan fingerprint density at radius 1 is 1.25 bits per heavy atom. The molecule has 0 aromatic rings. The topological polar surface area (TPSA) is 75.6 Å². The van der Waals surface area contributed by atoms with Crippen molar-refractivity contribution in [2.24, 2.45) is 11.8 Å². The van der Waals surface area contributed by atoms with Gasteiger partial charge in [-0.25, -0.2) is 0 Å². The minimum Gasteiger partial charge on any atom is -0.481 e. The summed E-state index contributed by atoms with van der Waals surface area (Å²) in [6.07, 6.45) is 2.66. The van der Waals surface area contributed by atoms with Crippen molar-refractivity contribution in [2.75, 3.05) is 0 Å². The minimum absolute atomic E-state index is 0.00468. The van der Waals surface area contributed by atoms with Crippen molar-refractivity contribution in [3.8, 4) is 0 Å². The number of fused-ring (bicyclic) bond motifs is 2. The number of hydrogen-bond acceptors (Lipinski definition) is 3. The lowest BCUT2D eigenvalue weighted by molar-refractivity contribution is -0.146. The predicted molar refractivity (Wildman–Crippen MR) is 55.7 cm³/mol. The molecule has 0 unspecified atom stereocenters. The number of aliphatic carboxylic acids is 1. The van der Waals surface area contributed by atoms with Crippen molar-refractivity contribution in [1.29, 1.82) is 0 Å². The predicted octanol–water partition coefficient (Wildman–Crippen LogP) is 0.165. The van der Waals surface area contributed by atoms with Crippen LogP contribution in [0.4, 0.5) is 0 Å². The highest BCUT2D eigenvalue weighted by Crippen LogP contribution is 2.39. The van der Waals surface area contributed by atoms with E-state index in [-0.39, 0.29) is 18.1 Å². The number of carboxylic acid groups (broad SMARTS) is 1. The molecule has 2 heterocycles. The molecule has 5 heteroatoms. The zero-order valence-electron chi connectivity index (χ0n) is 9.21. The van der Waals surface area contributed by atoms with E-state index < -0.39 is 23.9 Å². The fourth-order valence-electron chi connectivity index (χ4n) is 2.30. The van der Waals surface area contributed by atoms with Gasteiger partial charge in [-0.05, 0) is 13.8 Å². The monoisotopic (exact) mass is 225 g/mol. The molecule has 0 aromatic carbocycles. The normalized spacial score (nSPS) is 35.7. The Bertz CT molecular complexity index is 350. The first-order valence-corrected chi connectivity index (χ1v) is 5.37. The van der Waals surface area contributed by atoms with E-state index in [9.17, 15) is 9.59 Å². The Balaban J connectivity index is 2.16. The first kappa shape index (κ1) is 11.1. The highest BCUT2D eigenvalue weighted by Gasteiger charge is 2.53. The number of carboxylic acids is 1. The third-order valence-electron chi connectivity index (χ3n) is 2.92. The number of amides is 1. The minimum atomic E-state index is -0.972. The lowest BCUT2D eigenvalue weighted by atomic mass is 9.82. The van der Waals surface area contributed by atoms with E-state index in [1.165, 1.54) is 0 Å². The van der Waals surface area contributed by atoms with E-state index in [4.69, 9.17) is 9.84 Å². The van der Waals surface area contributed by atoms with E-state index in [1.807, 2.05) is 13.8 Å². The maximum Gasteiger partial charge on any atom is 0.310 e. The number of hydrogen-bond donors (Lipinski definition) is 2. The van der Waals surface area contributed by atoms with Crippen LogP contribution in [-0.2, 0) is 14.3 Å². The summed E-state index contributed by atoms with van der Waals surface area (Å²) >= 11 is 0. The summed E-state index contributed by atoms with van der Waals surface area (Å²) in [5, 5.41) is 11.8. The van der Waals surface area contributed by atoms with Gasteiger partial charge in [0.05, 0.1) is 18.1 Å². The molecule has 0 aromatic heterocycles. The van der Waals surface area contributed by atoms with Gasteiger partial charge in [-0.1, -0.05) is 12.2 Å². The average Bonchev–Trinajstić information content (AvgIpc) is 2.74. The summed E-state index contributed by atoms with van der Waals surface area (Å²) in [5.74, 6) is -2.57. The van der Waals surface area contributed by atoms with Crippen LogP contribution in [-0.4, -0.2) is 35.2 Å². The van der Waals surface area contributed by atoms with Gasteiger partial charge in [0.25, 0.3) is 0 Å². The second-order valence-corrected chi connectivity index (χ2v) is 4.50. The summed E-state index contributed by atoms with van der Waals surface area (Å²) in [4.78, 5) is 23.0. The van der Waals surface area contributed by atoms with Crippen LogP contribution >= 0.6 is 0 Å². The lowest BCUT2D eigenvalue weighted by Crippen LogP contribution is -2.44. The summed E-state index contributed by atoms with van der Waals surface area (Å²) in [6, 6.07) is 0.00468. The molecule has 16 heavy (non-hydrogen) atoms. The van der Waals surface area contributed by atoms with Crippen molar-refractivity contribution in [3.05, 3.63) is 12.2 Å². The highest BCUT2D eigenvalue weighted by molar-refractivity contribution is 5.87. The Morgan fingerprint density at radius 2 is 1.81 bits per heavy atom. The molecule has 0 aliphatic carbocycles. The first-order valence-electron chi connectivity index (χ1n) is 5.37. The zero-order chi connectivity index (χ0) is 11.9. The van der Waals surface area contributed by atoms with Crippen molar-refractivity contribution in [3.63, 3.8) is 0 Å². The molecule has 2 aliphatic heterocycles. The van der Waals surface area contributed by atoms with E-state index in [2.05, 4.69) is 5.32 Å². The highest BCUT2D eigenvalue weighted by atomic mass is 16.5. The van der Waals surface area contributed by atoms with E-state index >= 15 is 0 Å². The van der Waals surface area contributed by atoms with Gasteiger partial charge >= 0.3 is 5.97 Å². The van der Waals surface area contributed by atoms with Crippen molar-refractivity contribution >= 4 is 11.9 Å². The molecule has 0 radical (unpaired) electrons. The number of nitrogens with one attached hydrogen (secondary N) is 1. The number of ether oxygens (including phenoxy) is 1. The van der Waals surface area contributed by atoms with E-state index in [0.717, 1.165) is 0 Å². The van der Waals surface area contributed by atoms with Crippen LogP contribution in [0, 0.1) is 11.8 Å². The molecule has 0 saturated carbocycles. The molecule has 2 rings (SSSR count). The van der Waals surface area contributed by atoms with E-state index in [0.29, 0.717) is 0 Å². The van der Waals surface area contributed by atoms with Gasteiger partial charge in [0.2, 0.25) is 5.91 Å². The molecular weight excluding hydrogens is 210 g/mol. The van der Waals surface area contributed by atoms with Gasteiger partial charge in [0, 0.05) is 6.04 Å². The fraction of sp³-hybridized carbons (Fsp3) is 0.636. The maximum atomic E-state index is 11.9. The average molecular weight is 225 g/mol. The molecule has 2 aliphatic rings. The fourth-order valence-corrected chi connectivity index (χ4v) is 2.30. The van der Waals surface area contributed by atoms with Gasteiger partial charge in [-0.2, -0.15) is 0 Å². The first-order chi connectivity index (χ1) is 7.50. The summed E-state index contributed by atoms with van der Waals surface area (Å²) in [6.45, 7) is 3.69. The quantitative estimate of drug-likeness (QED) is 0.671. The molecule has 88 valence electrons. The molecule has 2 bridgehead atoms. The molecular formula is C11H15NO4.